The number of carbonyl (C=O) groups excluding carboxylic acids is 2. The van der Waals surface area contributed by atoms with Crippen molar-refractivity contribution in [2.45, 2.75) is 13.8 Å². The van der Waals surface area contributed by atoms with E-state index in [1.54, 1.807) is 31.2 Å². The van der Waals surface area contributed by atoms with Crippen molar-refractivity contribution in [3.05, 3.63) is 63.7 Å². The van der Waals surface area contributed by atoms with E-state index in [0.29, 0.717) is 11.3 Å². The van der Waals surface area contributed by atoms with Crippen molar-refractivity contribution >= 4 is 28.8 Å². The van der Waals surface area contributed by atoms with E-state index in [1.165, 1.54) is 25.1 Å². The molecule has 0 aliphatic carbocycles. The normalized spacial score (nSPS) is 10.1. The van der Waals surface area contributed by atoms with Crippen LogP contribution < -0.4 is 5.32 Å². The molecule has 2 rings (SSSR count). The third-order valence-electron chi connectivity index (χ3n) is 3.25. The predicted molar refractivity (Wildman–Crippen MR) is 88.8 cm³/mol. The molecule has 24 heavy (non-hydrogen) atoms. The van der Waals surface area contributed by atoms with Gasteiger partial charge in [-0.05, 0) is 44.2 Å². The highest BCUT2D eigenvalue weighted by molar-refractivity contribution is 5.96. The lowest BCUT2D eigenvalue weighted by molar-refractivity contribution is -0.383. The van der Waals surface area contributed by atoms with Crippen LogP contribution in [0.3, 0.4) is 0 Å². The van der Waals surface area contributed by atoms with Crippen LogP contribution in [-0.4, -0.2) is 23.3 Å². The molecule has 0 aliphatic rings. The molecule has 2 aromatic rings. The van der Waals surface area contributed by atoms with Crippen LogP contribution in [0.25, 0.3) is 0 Å². The van der Waals surface area contributed by atoms with Crippen molar-refractivity contribution < 1.29 is 19.2 Å². The summed E-state index contributed by atoms with van der Waals surface area (Å²) in [7, 11) is 0. The fourth-order valence-electron chi connectivity index (χ4n) is 2.10. The topological polar surface area (TPSA) is 98.5 Å². The number of nitrogens with one attached hydrogen (secondary N) is 1. The van der Waals surface area contributed by atoms with Gasteiger partial charge in [0.15, 0.2) is 5.78 Å². The van der Waals surface area contributed by atoms with Gasteiger partial charge in [-0.15, -0.1) is 0 Å². The lowest BCUT2D eigenvalue weighted by Gasteiger charge is -2.09. The number of nitrogens with zero attached hydrogens (tertiary/aromatic N) is 1. The molecule has 0 atom stereocenters. The Kier molecular flexibility index (Phi) is 5.26. The zero-order valence-electron chi connectivity index (χ0n) is 13.2. The first-order valence-electron chi connectivity index (χ1n) is 7.26. The Hall–Kier alpha value is -3.22. The maximum atomic E-state index is 11.7. The summed E-state index contributed by atoms with van der Waals surface area (Å²) in [5.41, 5.74) is 1.10. The van der Waals surface area contributed by atoms with Crippen LogP contribution in [0, 0.1) is 10.1 Å². The minimum Gasteiger partial charge on any atom is -0.462 e. The summed E-state index contributed by atoms with van der Waals surface area (Å²) in [5, 5.41) is 14.1. The number of ketones is 1. The van der Waals surface area contributed by atoms with Gasteiger partial charge in [0, 0.05) is 17.3 Å². The number of Topliss-reactive ketones (excluding diaryl/α,β-unsaturated/α-hetero) is 1. The fraction of sp³-hybridized carbons (Fsp3) is 0.176. The van der Waals surface area contributed by atoms with E-state index in [0.717, 1.165) is 0 Å². The molecule has 0 aromatic heterocycles. The highest BCUT2D eigenvalue weighted by atomic mass is 16.6. The lowest BCUT2D eigenvalue weighted by atomic mass is 10.1. The van der Waals surface area contributed by atoms with Crippen LogP contribution in [0.4, 0.5) is 17.1 Å². The van der Waals surface area contributed by atoms with E-state index in [2.05, 4.69) is 5.32 Å². The standard InChI is InChI=1S/C17H16N2O5/c1-3-24-17(21)13-5-4-6-14(9-13)18-15-8-7-12(11(2)20)10-16(15)19(22)23/h4-10,18H,3H2,1-2H3. The molecule has 0 unspecified atom stereocenters. The fourth-order valence-corrected chi connectivity index (χ4v) is 2.10. The summed E-state index contributed by atoms with van der Waals surface area (Å²) in [5.74, 6) is -0.725. The van der Waals surface area contributed by atoms with Crippen LogP contribution in [0.2, 0.25) is 0 Å². The summed E-state index contributed by atoms with van der Waals surface area (Å²) in [6.07, 6.45) is 0. The highest BCUT2D eigenvalue weighted by Crippen LogP contribution is 2.29. The van der Waals surface area contributed by atoms with Crippen molar-refractivity contribution in [2.24, 2.45) is 0 Å². The smallest absolute Gasteiger partial charge is 0.338 e. The Balaban J connectivity index is 2.34. The van der Waals surface area contributed by atoms with E-state index in [9.17, 15) is 19.7 Å². The zero-order chi connectivity index (χ0) is 17.7. The number of esters is 1. The summed E-state index contributed by atoms with van der Waals surface area (Å²) < 4.78 is 4.92. The van der Waals surface area contributed by atoms with E-state index in [-0.39, 0.29) is 29.3 Å². The van der Waals surface area contributed by atoms with Gasteiger partial charge in [0.1, 0.15) is 5.69 Å². The molecule has 0 bridgehead atoms. The number of ether oxygens (including phenoxy) is 1. The summed E-state index contributed by atoms with van der Waals surface area (Å²) in [4.78, 5) is 33.8. The first-order valence-corrected chi connectivity index (χ1v) is 7.26. The van der Waals surface area contributed by atoms with E-state index >= 15 is 0 Å². The van der Waals surface area contributed by atoms with Crippen LogP contribution in [0.15, 0.2) is 42.5 Å². The minimum absolute atomic E-state index is 0.218. The predicted octanol–water partition coefficient (Wildman–Crippen LogP) is 3.72. The molecular formula is C17H16N2O5. The average molecular weight is 328 g/mol. The van der Waals surface area contributed by atoms with Gasteiger partial charge < -0.3 is 10.1 Å². The minimum atomic E-state index is -0.566. The quantitative estimate of drug-likeness (QED) is 0.375. The second-order valence-corrected chi connectivity index (χ2v) is 4.97. The number of hydrogen-bond donors (Lipinski definition) is 1. The van der Waals surface area contributed by atoms with Crippen molar-refractivity contribution in [3.63, 3.8) is 0 Å². The molecule has 0 radical (unpaired) electrons. The molecule has 0 saturated carbocycles. The Morgan fingerprint density at radius 2 is 1.92 bits per heavy atom. The Morgan fingerprint density at radius 3 is 2.54 bits per heavy atom. The second-order valence-electron chi connectivity index (χ2n) is 4.97. The first-order chi connectivity index (χ1) is 11.4. The molecule has 0 amide bonds. The molecule has 2 aromatic carbocycles. The average Bonchev–Trinajstić information content (AvgIpc) is 2.55. The SMILES string of the molecule is CCOC(=O)c1cccc(Nc2ccc(C(C)=O)cc2[N+](=O)[O-])c1. The molecule has 7 heteroatoms. The Labute approximate surface area is 138 Å². The third kappa shape index (κ3) is 3.95. The molecular weight excluding hydrogens is 312 g/mol. The van der Waals surface area contributed by atoms with Crippen LogP contribution in [-0.2, 0) is 4.74 Å². The van der Waals surface area contributed by atoms with Crippen molar-refractivity contribution in [1.82, 2.24) is 0 Å². The molecule has 1 N–H and O–H groups in total. The molecule has 0 fully saturated rings. The zero-order valence-corrected chi connectivity index (χ0v) is 13.2. The monoisotopic (exact) mass is 328 g/mol. The van der Waals surface area contributed by atoms with Crippen molar-refractivity contribution in [2.75, 3.05) is 11.9 Å². The first kappa shape index (κ1) is 17.1. The Bertz CT molecular complexity index is 801. The van der Waals surface area contributed by atoms with Gasteiger partial charge in [0.05, 0.1) is 17.1 Å². The summed E-state index contributed by atoms with van der Waals surface area (Å²) in [6.45, 7) is 3.31. The van der Waals surface area contributed by atoms with Crippen molar-refractivity contribution in [3.8, 4) is 0 Å². The number of nitro benzene ring substituents is 1. The lowest BCUT2D eigenvalue weighted by Crippen LogP contribution is -2.05. The third-order valence-corrected chi connectivity index (χ3v) is 3.25. The largest absolute Gasteiger partial charge is 0.462 e. The van der Waals surface area contributed by atoms with E-state index in [1.807, 2.05) is 0 Å². The number of nitro groups is 1. The second kappa shape index (κ2) is 7.36. The summed E-state index contributed by atoms with van der Waals surface area (Å²) in [6, 6.07) is 10.6. The van der Waals surface area contributed by atoms with Gasteiger partial charge in [-0.2, -0.15) is 0 Å². The van der Waals surface area contributed by atoms with E-state index < -0.39 is 10.9 Å². The number of rotatable bonds is 6. The number of benzene rings is 2. The molecule has 0 spiro atoms. The van der Waals surface area contributed by atoms with Crippen LogP contribution >= 0.6 is 0 Å². The van der Waals surface area contributed by atoms with Gasteiger partial charge in [-0.25, -0.2) is 4.79 Å². The highest BCUT2D eigenvalue weighted by Gasteiger charge is 2.17. The molecule has 124 valence electrons. The number of carbonyl (C=O) groups is 2. The van der Waals surface area contributed by atoms with Gasteiger partial charge in [-0.3, -0.25) is 14.9 Å². The maximum absolute atomic E-state index is 11.7. The molecule has 0 heterocycles. The Morgan fingerprint density at radius 1 is 1.17 bits per heavy atom. The van der Waals surface area contributed by atoms with Gasteiger partial charge in [0.2, 0.25) is 0 Å². The van der Waals surface area contributed by atoms with Crippen molar-refractivity contribution in [1.29, 1.82) is 0 Å². The van der Waals surface area contributed by atoms with Crippen LogP contribution in [0.5, 0.6) is 0 Å². The van der Waals surface area contributed by atoms with Gasteiger partial charge in [-0.1, -0.05) is 6.07 Å². The summed E-state index contributed by atoms with van der Waals surface area (Å²) >= 11 is 0. The van der Waals surface area contributed by atoms with E-state index in [4.69, 9.17) is 4.74 Å². The number of anilines is 2. The molecule has 0 saturated heterocycles. The molecule has 7 nitrogen and oxygen atoms in total. The van der Waals surface area contributed by atoms with Gasteiger partial charge >= 0.3 is 5.97 Å². The maximum Gasteiger partial charge on any atom is 0.338 e. The number of hydrogen-bond acceptors (Lipinski definition) is 6. The van der Waals surface area contributed by atoms with Gasteiger partial charge in [0.25, 0.3) is 5.69 Å². The molecule has 0 aliphatic heterocycles. The van der Waals surface area contributed by atoms with Crippen LogP contribution in [0.1, 0.15) is 34.6 Å².